The second kappa shape index (κ2) is 6.92. The van der Waals surface area contributed by atoms with Crippen LogP contribution in [0.3, 0.4) is 0 Å². The molecule has 1 atom stereocenters. The molecule has 0 saturated heterocycles. The first-order valence-corrected chi connectivity index (χ1v) is 9.97. The van der Waals surface area contributed by atoms with Gasteiger partial charge in [0.25, 0.3) is 5.91 Å². The quantitative estimate of drug-likeness (QED) is 0.701. The summed E-state index contributed by atoms with van der Waals surface area (Å²) in [5.41, 5.74) is 4.39. The number of benzene rings is 2. The summed E-state index contributed by atoms with van der Waals surface area (Å²) in [6, 6.07) is 19.0. The van der Waals surface area contributed by atoms with Crippen molar-refractivity contribution >= 4 is 12.0 Å². The predicted molar refractivity (Wildman–Crippen MR) is 112 cm³/mol. The predicted octanol–water partition coefficient (Wildman–Crippen LogP) is 3.87. The topological polar surface area (TPSA) is 67.0 Å². The minimum absolute atomic E-state index is 0.0914. The van der Waals surface area contributed by atoms with Crippen molar-refractivity contribution in [2.24, 2.45) is 0 Å². The maximum absolute atomic E-state index is 12.6. The lowest BCUT2D eigenvalue weighted by molar-refractivity contribution is 0.0946. The molecule has 2 aliphatic rings. The highest BCUT2D eigenvalue weighted by Crippen LogP contribution is 2.42. The highest BCUT2D eigenvalue weighted by atomic mass is 16.5. The first-order chi connectivity index (χ1) is 14.2. The lowest BCUT2D eigenvalue weighted by Crippen LogP contribution is -2.31. The molecule has 0 bridgehead atoms. The normalized spacial score (nSPS) is 20.2. The number of H-pyrrole nitrogens is 1. The molecule has 2 aromatic carbocycles. The third-order valence-electron chi connectivity index (χ3n) is 5.89. The number of nitrogens with one attached hydrogen (secondary N) is 2. The van der Waals surface area contributed by atoms with E-state index in [1.807, 2.05) is 24.3 Å². The summed E-state index contributed by atoms with van der Waals surface area (Å²) >= 11 is 0. The number of hydrogen-bond donors (Lipinski definition) is 2. The number of nitrogens with zero attached hydrogens (tertiary/aromatic N) is 1. The average molecular weight is 385 g/mol. The molecule has 1 aromatic heterocycles. The van der Waals surface area contributed by atoms with Crippen molar-refractivity contribution in [2.45, 2.75) is 30.7 Å². The molecule has 146 valence electrons. The zero-order valence-corrected chi connectivity index (χ0v) is 16.3. The van der Waals surface area contributed by atoms with Crippen LogP contribution in [0.1, 0.15) is 45.7 Å². The first-order valence-electron chi connectivity index (χ1n) is 9.97. The number of aromatic nitrogens is 2. The standard InChI is InChI=1S/C24H23N3O2/c1-29-19-11-7-17(8-12-19)24(16-5-3-2-4-6-16)14-13-20-21(15-24)26-27-22(20)23(28)25-18-9-10-18/h2-8,11-14,18H,9-10,15H2,1H3,(H,25,28)(H,26,27). The summed E-state index contributed by atoms with van der Waals surface area (Å²) in [7, 11) is 1.67. The number of ether oxygens (including phenoxy) is 1. The second-order valence-corrected chi connectivity index (χ2v) is 7.79. The number of fused-ring (bicyclic) bond motifs is 1. The van der Waals surface area contributed by atoms with Crippen LogP contribution in [0.15, 0.2) is 60.7 Å². The summed E-state index contributed by atoms with van der Waals surface area (Å²) in [6.45, 7) is 0. The summed E-state index contributed by atoms with van der Waals surface area (Å²) in [5, 5.41) is 10.5. The Morgan fingerprint density at radius 3 is 2.52 bits per heavy atom. The van der Waals surface area contributed by atoms with Gasteiger partial charge in [0.2, 0.25) is 0 Å². The van der Waals surface area contributed by atoms with E-state index < -0.39 is 0 Å². The van der Waals surface area contributed by atoms with Gasteiger partial charge in [0.15, 0.2) is 5.69 Å². The van der Waals surface area contributed by atoms with Gasteiger partial charge in [-0.1, -0.05) is 54.6 Å². The highest BCUT2D eigenvalue weighted by molar-refractivity contribution is 5.97. The summed E-state index contributed by atoms with van der Waals surface area (Å²) in [4.78, 5) is 12.6. The van der Waals surface area contributed by atoms with Crippen LogP contribution in [0.4, 0.5) is 0 Å². The summed E-state index contributed by atoms with van der Waals surface area (Å²) in [5.74, 6) is 0.740. The Hall–Kier alpha value is -3.34. The van der Waals surface area contributed by atoms with Crippen LogP contribution in [0.25, 0.3) is 6.08 Å². The highest BCUT2D eigenvalue weighted by Gasteiger charge is 2.37. The van der Waals surface area contributed by atoms with Gasteiger partial charge >= 0.3 is 0 Å². The van der Waals surface area contributed by atoms with Gasteiger partial charge in [-0.15, -0.1) is 0 Å². The monoisotopic (exact) mass is 385 g/mol. The van der Waals surface area contributed by atoms with E-state index in [9.17, 15) is 4.79 Å². The van der Waals surface area contributed by atoms with Crippen molar-refractivity contribution in [1.29, 1.82) is 0 Å². The van der Waals surface area contributed by atoms with Crippen molar-refractivity contribution in [1.82, 2.24) is 15.5 Å². The Morgan fingerprint density at radius 2 is 1.83 bits per heavy atom. The van der Waals surface area contributed by atoms with Gasteiger partial charge in [0.1, 0.15) is 5.75 Å². The van der Waals surface area contributed by atoms with Crippen LogP contribution in [-0.4, -0.2) is 29.3 Å². The largest absolute Gasteiger partial charge is 0.497 e. The van der Waals surface area contributed by atoms with E-state index in [1.165, 1.54) is 11.1 Å². The molecule has 5 heteroatoms. The first kappa shape index (κ1) is 17.7. The van der Waals surface area contributed by atoms with E-state index in [2.05, 4.69) is 58.0 Å². The van der Waals surface area contributed by atoms with Gasteiger partial charge in [-0.2, -0.15) is 5.10 Å². The molecule has 29 heavy (non-hydrogen) atoms. The van der Waals surface area contributed by atoms with E-state index in [0.717, 1.165) is 29.8 Å². The third kappa shape index (κ3) is 3.12. The number of amides is 1. The van der Waals surface area contributed by atoms with Crippen LogP contribution in [0.2, 0.25) is 0 Å². The Balaban J connectivity index is 1.57. The van der Waals surface area contributed by atoms with Gasteiger partial charge in [0.05, 0.1) is 7.11 Å². The molecule has 5 nitrogen and oxygen atoms in total. The summed E-state index contributed by atoms with van der Waals surface area (Å²) < 4.78 is 5.34. The molecule has 1 unspecified atom stereocenters. The molecular formula is C24H23N3O2. The molecule has 0 aliphatic heterocycles. The van der Waals surface area contributed by atoms with E-state index in [0.29, 0.717) is 18.2 Å². The minimum Gasteiger partial charge on any atom is -0.497 e. The maximum atomic E-state index is 12.6. The molecule has 2 N–H and O–H groups in total. The van der Waals surface area contributed by atoms with E-state index in [4.69, 9.17) is 4.74 Å². The van der Waals surface area contributed by atoms with Crippen molar-refractivity contribution in [2.75, 3.05) is 7.11 Å². The molecule has 1 fully saturated rings. The molecule has 3 aromatic rings. The maximum Gasteiger partial charge on any atom is 0.272 e. The molecule has 5 rings (SSSR count). The Morgan fingerprint density at radius 1 is 1.10 bits per heavy atom. The second-order valence-electron chi connectivity index (χ2n) is 7.79. The fourth-order valence-electron chi connectivity index (χ4n) is 4.11. The minimum atomic E-state index is -0.336. The molecular weight excluding hydrogens is 362 g/mol. The van der Waals surface area contributed by atoms with E-state index >= 15 is 0 Å². The number of rotatable bonds is 5. The smallest absolute Gasteiger partial charge is 0.272 e. The number of carbonyl (C=O) groups is 1. The van der Waals surface area contributed by atoms with E-state index in [-0.39, 0.29) is 11.3 Å². The van der Waals surface area contributed by atoms with Gasteiger partial charge in [-0.05, 0) is 36.1 Å². The summed E-state index contributed by atoms with van der Waals surface area (Å²) in [6.07, 6.45) is 7.07. The zero-order valence-electron chi connectivity index (χ0n) is 16.3. The lowest BCUT2D eigenvalue weighted by atomic mass is 9.68. The van der Waals surface area contributed by atoms with Gasteiger partial charge in [0, 0.05) is 29.1 Å². The fourth-order valence-corrected chi connectivity index (χ4v) is 4.11. The SMILES string of the molecule is COc1ccc(C2(c3ccccc3)C=Cc3c(C(=O)NC4CC4)n[nH]c3C2)cc1. The number of hydrogen-bond acceptors (Lipinski definition) is 3. The number of aromatic amines is 1. The molecule has 0 spiro atoms. The Bertz CT molecular complexity index is 1070. The van der Waals surface area contributed by atoms with Crippen molar-refractivity contribution < 1.29 is 9.53 Å². The van der Waals surface area contributed by atoms with Crippen LogP contribution >= 0.6 is 0 Å². The van der Waals surface area contributed by atoms with Gasteiger partial charge in [-0.25, -0.2) is 0 Å². The molecule has 1 saturated carbocycles. The molecule has 2 aliphatic carbocycles. The van der Waals surface area contributed by atoms with Crippen LogP contribution in [0, 0.1) is 0 Å². The van der Waals surface area contributed by atoms with Crippen LogP contribution in [0.5, 0.6) is 5.75 Å². The van der Waals surface area contributed by atoms with Crippen molar-refractivity contribution in [3.63, 3.8) is 0 Å². The van der Waals surface area contributed by atoms with Crippen LogP contribution in [-0.2, 0) is 11.8 Å². The zero-order chi connectivity index (χ0) is 19.8. The number of carbonyl (C=O) groups excluding carboxylic acids is 1. The van der Waals surface area contributed by atoms with E-state index in [1.54, 1.807) is 7.11 Å². The van der Waals surface area contributed by atoms with Crippen LogP contribution < -0.4 is 10.1 Å². The number of allylic oxidation sites excluding steroid dienone is 1. The molecule has 0 radical (unpaired) electrons. The van der Waals surface area contributed by atoms with Gasteiger partial charge in [-0.3, -0.25) is 9.89 Å². The van der Waals surface area contributed by atoms with Gasteiger partial charge < -0.3 is 10.1 Å². The fraction of sp³-hybridized carbons (Fsp3) is 0.250. The Kier molecular flexibility index (Phi) is 4.23. The Labute approximate surface area is 169 Å². The molecule has 1 heterocycles. The average Bonchev–Trinajstić information content (AvgIpc) is 3.49. The lowest BCUT2D eigenvalue weighted by Gasteiger charge is -2.34. The van der Waals surface area contributed by atoms with Crippen molar-refractivity contribution in [3.05, 3.63) is 88.8 Å². The molecule has 1 amide bonds. The number of methoxy groups -OCH3 is 1. The van der Waals surface area contributed by atoms with Crippen molar-refractivity contribution in [3.8, 4) is 5.75 Å². The third-order valence-corrected chi connectivity index (χ3v) is 5.89.